The van der Waals surface area contributed by atoms with E-state index in [0.29, 0.717) is 19.0 Å². The van der Waals surface area contributed by atoms with Gasteiger partial charge in [0.25, 0.3) is 0 Å². The van der Waals surface area contributed by atoms with E-state index in [1.807, 2.05) is 0 Å². The molecule has 1 aliphatic carbocycles. The number of nitrogens with zero attached hydrogens (tertiary/aromatic N) is 1. The van der Waals surface area contributed by atoms with Crippen LogP contribution in [0, 0.1) is 11.6 Å². The van der Waals surface area contributed by atoms with Gasteiger partial charge in [-0.15, -0.1) is 0 Å². The number of rotatable bonds is 8. The Labute approximate surface area is 129 Å². The van der Waals surface area contributed by atoms with Gasteiger partial charge >= 0.3 is 5.97 Å². The molecule has 3 nitrogen and oxygen atoms in total. The molecule has 0 radical (unpaired) electrons. The molecule has 0 saturated heterocycles. The van der Waals surface area contributed by atoms with Crippen molar-refractivity contribution in [1.82, 2.24) is 4.90 Å². The normalized spacial score (nSPS) is 15.6. The van der Waals surface area contributed by atoms with Gasteiger partial charge in [-0.3, -0.25) is 9.69 Å². The summed E-state index contributed by atoms with van der Waals surface area (Å²) in [7, 11) is 0. The minimum atomic E-state index is -0.799. The van der Waals surface area contributed by atoms with Crippen molar-refractivity contribution in [1.29, 1.82) is 0 Å². The van der Waals surface area contributed by atoms with Crippen molar-refractivity contribution < 1.29 is 18.7 Å². The number of carboxylic acids is 1. The molecule has 0 spiro atoms. The van der Waals surface area contributed by atoms with Gasteiger partial charge in [0.15, 0.2) is 0 Å². The monoisotopic (exact) mass is 311 g/mol. The maximum Gasteiger partial charge on any atom is 0.303 e. The van der Waals surface area contributed by atoms with Gasteiger partial charge < -0.3 is 5.11 Å². The highest BCUT2D eigenvalue weighted by atomic mass is 19.1. The molecule has 1 aromatic carbocycles. The Morgan fingerprint density at radius 1 is 1.18 bits per heavy atom. The number of benzene rings is 1. The number of unbranched alkanes of at least 4 members (excludes halogenated alkanes) is 1. The van der Waals surface area contributed by atoms with Crippen LogP contribution in [0.5, 0.6) is 0 Å². The van der Waals surface area contributed by atoms with Gasteiger partial charge in [-0.2, -0.15) is 0 Å². The van der Waals surface area contributed by atoms with Crippen LogP contribution in [0.2, 0.25) is 0 Å². The molecule has 0 atom stereocenters. The van der Waals surface area contributed by atoms with Crippen molar-refractivity contribution >= 4 is 5.97 Å². The average Bonchev–Trinajstić information content (AvgIpc) is 2.99. The fraction of sp³-hybridized carbons (Fsp3) is 0.588. The molecular weight excluding hydrogens is 288 g/mol. The summed E-state index contributed by atoms with van der Waals surface area (Å²) in [5, 5.41) is 8.69. The number of hydrogen-bond donors (Lipinski definition) is 1. The predicted molar refractivity (Wildman–Crippen MR) is 80.5 cm³/mol. The lowest BCUT2D eigenvalue weighted by molar-refractivity contribution is -0.137. The topological polar surface area (TPSA) is 40.5 Å². The van der Waals surface area contributed by atoms with Crippen LogP contribution in [0.3, 0.4) is 0 Å². The SMILES string of the molecule is O=C(O)CCCCN(Cc1c(F)cccc1F)C1CCCC1. The molecule has 2 rings (SSSR count). The van der Waals surface area contributed by atoms with Gasteiger partial charge in [-0.1, -0.05) is 18.9 Å². The first-order valence-corrected chi connectivity index (χ1v) is 7.96. The summed E-state index contributed by atoms with van der Waals surface area (Å²) in [6, 6.07) is 4.30. The molecule has 22 heavy (non-hydrogen) atoms. The van der Waals surface area contributed by atoms with Crippen LogP contribution in [0.1, 0.15) is 50.5 Å². The quantitative estimate of drug-likeness (QED) is 0.739. The van der Waals surface area contributed by atoms with E-state index in [2.05, 4.69) is 4.90 Å². The number of carbonyl (C=O) groups is 1. The third kappa shape index (κ3) is 4.77. The van der Waals surface area contributed by atoms with E-state index in [1.54, 1.807) is 0 Å². The fourth-order valence-electron chi connectivity index (χ4n) is 3.14. The minimum absolute atomic E-state index is 0.118. The molecule has 1 N–H and O–H groups in total. The lowest BCUT2D eigenvalue weighted by atomic mass is 10.1. The van der Waals surface area contributed by atoms with E-state index in [9.17, 15) is 13.6 Å². The van der Waals surface area contributed by atoms with Gasteiger partial charge in [0.2, 0.25) is 0 Å². The van der Waals surface area contributed by atoms with E-state index >= 15 is 0 Å². The van der Waals surface area contributed by atoms with Gasteiger partial charge in [0, 0.05) is 24.6 Å². The summed E-state index contributed by atoms with van der Waals surface area (Å²) in [4.78, 5) is 12.7. The molecule has 1 aliphatic rings. The Bertz CT molecular complexity index is 481. The van der Waals surface area contributed by atoms with Crippen molar-refractivity contribution in [2.24, 2.45) is 0 Å². The fourth-order valence-corrected chi connectivity index (χ4v) is 3.14. The van der Waals surface area contributed by atoms with Crippen LogP contribution in [0.15, 0.2) is 18.2 Å². The Kier molecular flexibility index (Phi) is 6.31. The molecule has 5 heteroatoms. The zero-order valence-corrected chi connectivity index (χ0v) is 12.7. The first kappa shape index (κ1) is 16.9. The first-order valence-electron chi connectivity index (χ1n) is 7.96. The maximum atomic E-state index is 13.8. The van der Waals surface area contributed by atoms with Crippen LogP contribution in [0.25, 0.3) is 0 Å². The molecule has 122 valence electrons. The third-order valence-electron chi connectivity index (χ3n) is 4.35. The summed E-state index contributed by atoms with van der Waals surface area (Å²) in [6.45, 7) is 0.946. The first-order chi connectivity index (χ1) is 10.6. The molecule has 0 aromatic heterocycles. The summed E-state index contributed by atoms with van der Waals surface area (Å²) >= 11 is 0. The Balaban J connectivity index is 1.99. The summed E-state index contributed by atoms with van der Waals surface area (Å²) in [5.41, 5.74) is 0.118. The number of aliphatic carboxylic acids is 1. The zero-order chi connectivity index (χ0) is 15.9. The molecular formula is C17H23F2NO2. The van der Waals surface area contributed by atoms with E-state index < -0.39 is 17.6 Å². The van der Waals surface area contributed by atoms with Gasteiger partial charge in [0.1, 0.15) is 11.6 Å². The summed E-state index contributed by atoms with van der Waals surface area (Å²) in [5.74, 6) is -1.81. The highest BCUT2D eigenvalue weighted by molar-refractivity contribution is 5.66. The Morgan fingerprint density at radius 3 is 2.41 bits per heavy atom. The van der Waals surface area contributed by atoms with E-state index in [4.69, 9.17) is 5.11 Å². The third-order valence-corrected chi connectivity index (χ3v) is 4.35. The largest absolute Gasteiger partial charge is 0.481 e. The van der Waals surface area contributed by atoms with Crippen LogP contribution >= 0.6 is 0 Å². The van der Waals surface area contributed by atoms with Gasteiger partial charge in [-0.05, 0) is 44.4 Å². The number of halogens is 2. The second kappa shape index (κ2) is 8.22. The van der Waals surface area contributed by atoms with Gasteiger partial charge in [0.05, 0.1) is 0 Å². The highest BCUT2D eigenvalue weighted by Crippen LogP contribution is 2.26. The highest BCUT2D eigenvalue weighted by Gasteiger charge is 2.24. The predicted octanol–water partition coefficient (Wildman–Crippen LogP) is 3.96. The summed E-state index contributed by atoms with van der Waals surface area (Å²) < 4.78 is 27.7. The average molecular weight is 311 g/mol. The van der Waals surface area contributed by atoms with Gasteiger partial charge in [-0.25, -0.2) is 8.78 Å². The van der Waals surface area contributed by atoms with Crippen molar-refractivity contribution in [3.05, 3.63) is 35.4 Å². The molecule has 0 amide bonds. The Hall–Kier alpha value is -1.49. The zero-order valence-electron chi connectivity index (χ0n) is 12.7. The van der Waals surface area contributed by atoms with Crippen molar-refractivity contribution in [2.45, 2.75) is 57.5 Å². The second-order valence-electron chi connectivity index (χ2n) is 5.96. The maximum absolute atomic E-state index is 13.8. The van der Waals surface area contributed by atoms with E-state index in [1.165, 1.54) is 18.2 Å². The molecule has 1 fully saturated rings. The lowest BCUT2D eigenvalue weighted by Gasteiger charge is -2.29. The van der Waals surface area contributed by atoms with Crippen LogP contribution < -0.4 is 0 Å². The molecule has 0 bridgehead atoms. The molecule has 0 aliphatic heterocycles. The van der Waals surface area contributed by atoms with Crippen LogP contribution in [0.4, 0.5) is 8.78 Å². The molecule has 0 unspecified atom stereocenters. The lowest BCUT2D eigenvalue weighted by Crippen LogP contribution is -2.34. The Morgan fingerprint density at radius 2 is 1.82 bits per heavy atom. The van der Waals surface area contributed by atoms with Crippen LogP contribution in [-0.4, -0.2) is 28.6 Å². The molecule has 1 aromatic rings. The second-order valence-corrected chi connectivity index (χ2v) is 5.96. The minimum Gasteiger partial charge on any atom is -0.481 e. The van der Waals surface area contributed by atoms with E-state index in [0.717, 1.165) is 32.1 Å². The summed E-state index contributed by atoms with van der Waals surface area (Å²) in [6.07, 6.45) is 5.87. The van der Waals surface area contributed by atoms with E-state index in [-0.39, 0.29) is 18.5 Å². The van der Waals surface area contributed by atoms with Crippen molar-refractivity contribution in [2.75, 3.05) is 6.54 Å². The number of carboxylic acid groups (broad SMARTS) is 1. The number of hydrogen-bond acceptors (Lipinski definition) is 2. The van der Waals surface area contributed by atoms with Crippen molar-refractivity contribution in [3.63, 3.8) is 0 Å². The van der Waals surface area contributed by atoms with Crippen LogP contribution in [-0.2, 0) is 11.3 Å². The molecule has 0 heterocycles. The smallest absolute Gasteiger partial charge is 0.303 e. The van der Waals surface area contributed by atoms with Crippen molar-refractivity contribution in [3.8, 4) is 0 Å². The molecule has 1 saturated carbocycles. The standard InChI is InChI=1S/C17H23F2NO2/c18-15-8-5-9-16(19)14(15)12-20(13-6-1-2-7-13)11-4-3-10-17(21)22/h5,8-9,13H,1-4,6-7,10-12H2,(H,21,22).